The Balaban J connectivity index is 1.51. The summed E-state index contributed by atoms with van der Waals surface area (Å²) >= 11 is 1.76. The van der Waals surface area contributed by atoms with Crippen LogP contribution in [0.4, 0.5) is 0 Å². The first-order valence-corrected chi connectivity index (χ1v) is 9.39. The first-order valence-electron chi connectivity index (χ1n) is 8.57. The van der Waals surface area contributed by atoms with Crippen LogP contribution >= 0.6 is 11.3 Å². The monoisotopic (exact) mass is 345 g/mol. The number of aromatic nitrogens is 1. The Morgan fingerprint density at radius 3 is 2.75 bits per heavy atom. The number of thiazole rings is 1. The van der Waals surface area contributed by atoms with Gasteiger partial charge in [0, 0.05) is 25.4 Å². The second-order valence-corrected chi connectivity index (χ2v) is 7.26. The van der Waals surface area contributed by atoms with Crippen LogP contribution in [0.2, 0.25) is 0 Å². The summed E-state index contributed by atoms with van der Waals surface area (Å²) in [5.41, 5.74) is 1.06. The molecule has 0 spiro atoms. The van der Waals surface area contributed by atoms with Gasteiger partial charge in [-0.15, -0.1) is 11.3 Å². The summed E-state index contributed by atoms with van der Waals surface area (Å²) in [4.78, 5) is 30.3. The Labute approximate surface area is 146 Å². The van der Waals surface area contributed by atoms with E-state index in [9.17, 15) is 9.59 Å². The summed E-state index contributed by atoms with van der Waals surface area (Å²) in [6, 6.07) is 8.21. The summed E-state index contributed by atoms with van der Waals surface area (Å²) in [7, 11) is 0. The zero-order valence-corrected chi connectivity index (χ0v) is 14.8. The molecule has 2 heterocycles. The summed E-state index contributed by atoms with van der Waals surface area (Å²) in [5.74, 6) is 0.401. The SMILES string of the molecule is CCCC(=O)NCC(=O)N1CCC(c2nc3ccccc3s2)CC1. The summed E-state index contributed by atoms with van der Waals surface area (Å²) < 4.78 is 1.23. The van der Waals surface area contributed by atoms with Crippen LogP contribution in [0.15, 0.2) is 24.3 Å². The fourth-order valence-corrected chi connectivity index (χ4v) is 4.18. The Morgan fingerprint density at radius 1 is 1.29 bits per heavy atom. The van der Waals surface area contributed by atoms with Crippen LogP contribution in [-0.2, 0) is 9.59 Å². The third-order valence-electron chi connectivity index (χ3n) is 4.42. The molecule has 1 aromatic carbocycles. The number of hydrogen-bond donors (Lipinski definition) is 1. The first-order chi connectivity index (χ1) is 11.7. The summed E-state index contributed by atoms with van der Waals surface area (Å²) in [6.07, 6.45) is 3.16. The zero-order valence-electron chi connectivity index (χ0n) is 14.0. The van der Waals surface area contributed by atoms with Crippen molar-refractivity contribution < 1.29 is 9.59 Å². The predicted molar refractivity (Wildman–Crippen MR) is 96.1 cm³/mol. The quantitative estimate of drug-likeness (QED) is 0.906. The van der Waals surface area contributed by atoms with Gasteiger partial charge < -0.3 is 10.2 Å². The molecule has 0 unspecified atom stereocenters. The lowest BCUT2D eigenvalue weighted by molar-refractivity contribution is -0.133. The molecule has 5 nitrogen and oxygen atoms in total. The molecule has 0 bridgehead atoms. The standard InChI is InChI=1S/C18H23N3O2S/c1-2-5-16(22)19-12-17(23)21-10-8-13(9-11-21)18-20-14-6-3-4-7-15(14)24-18/h3-4,6-7,13H,2,5,8-12H2,1H3,(H,19,22). The van der Waals surface area contributed by atoms with E-state index in [-0.39, 0.29) is 18.4 Å². The Hall–Kier alpha value is -1.95. The lowest BCUT2D eigenvalue weighted by atomic mass is 9.97. The highest BCUT2D eigenvalue weighted by molar-refractivity contribution is 7.18. The maximum absolute atomic E-state index is 12.2. The Kier molecular flexibility index (Phi) is 5.45. The van der Waals surface area contributed by atoms with E-state index in [1.807, 2.05) is 30.0 Å². The maximum Gasteiger partial charge on any atom is 0.241 e. The van der Waals surface area contributed by atoms with E-state index in [0.29, 0.717) is 12.3 Å². The van der Waals surface area contributed by atoms with Gasteiger partial charge in [0.25, 0.3) is 0 Å². The molecule has 2 aromatic rings. The Morgan fingerprint density at radius 2 is 2.04 bits per heavy atom. The van der Waals surface area contributed by atoms with Crippen LogP contribution in [0.25, 0.3) is 10.2 Å². The normalized spacial score (nSPS) is 15.6. The molecule has 1 aliphatic heterocycles. The molecule has 1 fully saturated rings. The molecule has 1 N–H and O–H groups in total. The number of fused-ring (bicyclic) bond motifs is 1. The maximum atomic E-state index is 12.2. The number of piperidine rings is 1. The number of para-hydroxylation sites is 1. The van der Waals surface area contributed by atoms with Crippen LogP contribution < -0.4 is 5.32 Å². The van der Waals surface area contributed by atoms with Gasteiger partial charge >= 0.3 is 0 Å². The minimum Gasteiger partial charge on any atom is -0.347 e. The molecular formula is C18H23N3O2S. The van der Waals surface area contributed by atoms with Crippen molar-refractivity contribution in [1.29, 1.82) is 0 Å². The van der Waals surface area contributed by atoms with E-state index in [4.69, 9.17) is 4.98 Å². The molecule has 0 aliphatic carbocycles. The van der Waals surface area contributed by atoms with Gasteiger partial charge in [-0.25, -0.2) is 4.98 Å². The molecule has 1 aliphatic rings. The molecule has 128 valence electrons. The van der Waals surface area contributed by atoms with E-state index in [1.54, 1.807) is 11.3 Å². The van der Waals surface area contributed by atoms with Gasteiger partial charge in [0.2, 0.25) is 11.8 Å². The molecule has 3 rings (SSSR count). The number of benzene rings is 1. The largest absolute Gasteiger partial charge is 0.347 e. The van der Waals surface area contributed by atoms with E-state index in [2.05, 4.69) is 11.4 Å². The number of rotatable bonds is 5. The topological polar surface area (TPSA) is 62.3 Å². The number of hydrogen-bond acceptors (Lipinski definition) is 4. The van der Waals surface area contributed by atoms with Crippen LogP contribution in [-0.4, -0.2) is 41.3 Å². The number of carbonyl (C=O) groups excluding carboxylic acids is 2. The van der Waals surface area contributed by atoms with Gasteiger partial charge in [0.1, 0.15) is 0 Å². The first kappa shape index (κ1) is 16.9. The van der Waals surface area contributed by atoms with Crippen molar-refractivity contribution in [2.24, 2.45) is 0 Å². The van der Waals surface area contributed by atoms with E-state index < -0.39 is 0 Å². The number of likely N-dealkylation sites (tertiary alicyclic amines) is 1. The second-order valence-electron chi connectivity index (χ2n) is 6.20. The van der Waals surface area contributed by atoms with Crippen LogP contribution in [0, 0.1) is 0 Å². The van der Waals surface area contributed by atoms with Gasteiger partial charge in [-0.2, -0.15) is 0 Å². The van der Waals surface area contributed by atoms with Crippen molar-refractivity contribution in [3.63, 3.8) is 0 Å². The van der Waals surface area contributed by atoms with Crippen LogP contribution in [0.5, 0.6) is 0 Å². The number of nitrogens with one attached hydrogen (secondary N) is 1. The minimum absolute atomic E-state index is 0.0159. The molecular weight excluding hydrogens is 322 g/mol. The number of carbonyl (C=O) groups is 2. The molecule has 6 heteroatoms. The highest BCUT2D eigenvalue weighted by Gasteiger charge is 2.25. The third kappa shape index (κ3) is 3.93. The molecule has 0 saturated carbocycles. The number of amides is 2. The van der Waals surface area contributed by atoms with Gasteiger partial charge in [-0.3, -0.25) is 9.59 Å². The van der Waals surface area contributed by atoms with Crippen molar-refractivity contribution in [3.8, 4) is 0 Å². The Bertz CT molecular complexity index is 687. The molecule has 2 amide bonds. The zero-order chi connectivity index (χ0) is 16.9. The molecule has 24 heavy (non-hydrogen) atoms. The lowest BCUT2D eigenvalue weighted by Crippen LogP contribution is -2.43. The van der Waals surface area contributed by atoms with Crippen LogP contribution in [0.1, 0.15) is 43.5 Å². The molecule has 1 saturated heterocycles. The van der Waals surface area contributed by atoms with Gasteiger partial charge in [-0.05, 0) is 31.4 Å². The van der Waals surface area contributed by atoms with E-state index >= 15 is 0 Å². The number of nitrogens with zero attached hydrogens (tertiary/aromatic N) is 2. The second kappa shape index (κ2) is 7.75. The fraction of sp³-hybridized carbons (Fsp3) is 0.500. The molecule has 0 radical (unpaired) electrons. The van der Waals surface area contributed by atoms with Gasteiger partial charge in [0.05, 0.1) is 21.8 Å². The smallest absolute Gasteiger partial charge is 0.241 e. The minimum atomic E-state index is -0.0461. The van der Waals surface area contributed by atoms with Crippen molar-refractivity contribution >= 4 is 33.4 Å². The highest BCUT2D eigenvalue weighted by Crippen LogP contribution is 2.33. The molecule has 0 atom stereocenters. The van der Waals surface area contributed by atoms with Crippen molar-refractivity contribution in [2.75, 3.05) is 19.6 Å². The van der Waals surface area contributed by atoms with Crippen molar-refractivity contribution in [2.45, 2.75) is 38.5 Å². The average Bonchev–Trinajstić information content (AvgIpc) is 3.04. The van der Waals surface area contributed by atoms with Crippen molar-refractivity contribution in [1.82, 2.24) is 15.2 Å². The van der Waals surface area contributed by atoms with E-state index in [1.165, 1.54) is 9.71 Å². The molecule has 1 aromatic heterocycles. The lowest BCUT2D eigenvalue weighted by Gasteiger charge is -2.31. The summed E-state index contributed by atoms with van der Waals surface area (Å²) in [6.45, 7) is 3.55. The summed E-state index contributed by atoms with van der Waals surface area (Å²) in [5, 5.41) is 3.88. The van der Waals surface area contributed by atoms with Crippen LogP contribution in [0.3, 0.4) is 0 Å². The average molecular weight is 345 g/mol. The van der Waals surface area contributed by atoms with E-state index in [0.717, 1.165) is 37.9 Å². The van der Waals surface area contributed by atoms with Crippen molar-refractivity contribution in [3.05, 3.63) is 29.3 Å². The predicted octanol–water partition coefficient (Wildman–Crippen LogP) is 2.92. The van der Waals surface area contributed by atoms with Gasteiger partial charge in [0.15, 0.2) is 0 Å². The highest BCUT2D eigenvalue weighted by atomic mass is 32.1. The third-order valence-corrected chi connectivity index (χ3v) is 5.62. The fourth-order valence-electron chi connectivity index (χ4n) is 3.04. The van der Waals surface area contributed by atoms with Gasteiger partial charge in [-0.1, -0.05) is 19.1 Å².